The Morgan fingerprint density at radius 2 is 2.18 bits per heavy atom. The molecule has 2 aliphatic heterocycles. The predicted octanol–water partition coefficient (Wildman–Crippen LogP) is 1.66. The average Bonchev–Trinajstić information content (AvgIpc) is 2.58. The van der Waals surface area contributed by atoms with Crippen LogP contribution in [-0.2, 0) is 4.79 Å². The van der Waals surface area contributed by atoms with Gasteiger partial charge in [-0.15, -0.1) is 12.4 Å². The van der Waals surface area contributed by atoms with Gasteiger partial charge < -0.3 is 4.90 Å². The largest absolute Gasteiger partial charge is 0.341 e. The van der Waals surface area contributed by atoms with Gasteiger partial charge in [0.1, 0.15) is 0 Å². The topological polar surface area (TPSA) is 32.3 Å². The molecular weight excluding hydrogens is 250 g/mol. The summed E-state index contributed by atoms with van der Waals surface area (Å²) in [7, 11) is 0. The lowest BCUT2D eigenvalue weighted by Gasteiger charge is -2.32. The number of rotatable bonds is 1. The van der Waals surface area contributed by atoms with Crippen LogP contribution in [-0.4, -0.2) is 42.4 Å². The number of piperidine rings is 1. The van der Waals surface area contributed by atoms with Crippen molar-refractivity contribution in [2.75, 3.05) is 19.6 Å². The van der Waals surface area contributed by atoms with Crippen molar-refractivity contribution in [2.24, 2.45) is 5.92 Å². The molecule has 2 atom stereocenters. The number of carbonyl (C=O) groups excluding carboxylic acids is 1. The van der Waals surface area contributed by atoms with Gasteiger partial charge in [-0.1, -0.05) is 6.92 Å². The summed E-state index contributed by atoms with van der Waals surface area (Å²) in [5.74, 6) is -2.38. The van der Waals surface area contributed by atoms with E-state index in [9.17, 15) is 13.6 Å². The van der Waals surface area contributed by atoms with Gasteiger partial charge in [0.15, 0.2) is 0 Å². The van der Waals surface area contributed by atoms with Crippen LogP contribution in [0.2, 0.25) is 0 Å². The first-order valence-corrected chi connectivity index (χ1v) is 5.88. The molecule has 3 nitrogen and oxygen atoms in total. The molecule has 0 radical (unpaired) electrons. The highest BCUT2D eigenvalue weighted by atomic mass is 35.5. The molecule has 2 fully saturated rings. The summed E-state index contributed by atoms with van der Waals surface area (Å²) >= 11 is 0. The number of amides is 1. The van der Waals surface area contributed by atoms with Crippen molar-refractivity contribution in [3.8, 4) is 0 Å². The van der Waals surface area contributed by atoms with Gasteiger partial charge in [0.05, 0.1) is 12.6 Å². The zero-order chi connectivity index (χ0) is 11.8. The van der Waals surface area contributed by atoms with E-state index in [1.165, 1.54) is 0 Å². The zero-order valence-corrected chi connectivity index (χ0v) is 10.7. The van der Waals surface area contributed by atoms with Gasteiger partial charge in [0.25, 0.3) is 5.92 Å². The number of hydrogen-bond acceptors (Lipinski definition) is 2. The van der Waals surface area contributed by atoms with Crippen LogP contribution < -0.4 is 5.32 Å². The molecule has 2 heterocycles. The fourth-order valence-electron chi connectivity index (χ4n) is 2.50. The van der Waals surface area contributed by atoms with Crippen molar-refractivity contribution >= 4 is 18.3 Å². The van der Waals surface area contributed by atoms with Crippen LogP contribution in [0, 0.1) is 5.92 Å². The number of carbonyl (C=O) groups is 1. The van der Waals surface area contributed by atoms with Gasteiger partial charge in [-0.05, 0) is 18.8 Å². The maximum absolute atomic E-state index is 13.0. The van der Waals surface area contributed by atoms with Crippen LogP contribution in [0.15, 0.2) is 0 Å². The van der Waals surface area contributed by atoms with Crippen molar-refractivity contribution in [1.82, 2.24) is 10.2 Å². The van der Waals surface area contributed by atoms with E-state index < -0.39 is 12.0 Å². The van der Waals surface area contributed by atoms with Crippen LogP contribution in [0.25, 0.3) is 0 Å². The van der Waals surface area contributed by atoms with Gasteiger partial charge in [0, 0.05) is 19.5 Å². The van der Waals surface area contributed by atoms with Gasteiger partial charge in [-0.25, -0.2) is 8.78 Å². The molecule has 0 aromatic rings. The molecule has 1 amide bonds. The summed E-state index contributed by atoms with van der Waals surface area (Å²) in [6.45, 7) is 3.15. The summed E-state index contributed by atoms with van der Waals surface area (Å²) in [5.41, 5.74) is 0. The minimum Gasteiger partial charge on any atom is -0.341 e. The highest BCUT2D eigenvalue weighted by Crippen LogP contribution is 2.27. The fraction of sp³-hybridized carbons (Fsp3) is 0.909. The molecule has 0 aromatic carbocycles. The average molecular weight is 269 g/mol. The first-order valence-electron chi connectivity index (χ1n) is 5.88. The van der Waals surface area contributed by atoms with Crippen LogP contribution in [0.1, 0.15) is 26.2 Å². The SMILES string of the molecule is CC1CCCN(C(=O)C2CC(F)(F)CN2)C1.Cl. The second-order valence-electron chi connectivity index (χ2n) is 5.03. The zero-order valence-electron chi connectivity index (χ0n) is 9.92. The van der Waals surface area contributed by atoms with E-state index in [0.29, 0.717) is 19.0 Å². The Labute approximate surface area is 106 Å². The van der Waals surface area contributed by atoms with E-state index in [1.54, 1.807) is 4.90 Å². The number of nitrogens with zero attached hydrogens (tertiary/aromatic N) is 1. The van der Waals surface area contributed by atoms with Crippen LogP contribution in [0.5, 0.6) is 0 Å². The molecule has 0 bridgehead atoms. The van der Waals surface area contributed by atoms with Crippen molar-refractivity contribution < 1.29 is 13.6 Å². The molecule has 0 saturated carbocycles. The molecule has 2 rings (SSSR count). The van der Waals surface area contributed by atoms with Crippen molar-refractivity contribution in [2.45, 2.75) is 38.2 Å². The lowest BCUT2D eigenvalue weighted by molar-refractivity contribution is -0.135. The van der Waals surface area contributed by atoms with E-state index in [-0.39, 0.29) is 31.3 Å². The molecular formula is C11H19ClF2N2O. The number of likely N-dealkylation sites (tertiary alicyclic amines) is 1. The number of nitrogens with one attached hydrogen (secondary N) is 1. The fourth-order valence-corrected chi connectivity index (χ4v) is 2.50. The van der Waals surface area contributed by atoms with Crippen molar-refractivity contribution in [1.29, 1.82) is 0 Å². The molecule has 2 saturated heterocycles. The lowest BCUT2D eigenvalue weighted by Crippen LogP contribution is -2.47. The Morgan fingerprint density at radius 1 is 1.47 bits per heavy atom. The maximum Gasteiger partial charge on any atom is 0.262 e. The molecule has 6 heteroatoms. The summed E-state index contributed by atoms with van der Waals surface area (Å²) in [5, 5.41) is 2.62. The van der Waals surface area contributed by atoms with E-state index in [1.807, 2.05) is 0 Å². The third-order valence-electron chi connectivity index (χ3n) is 3.38. The second-order valence-corrected chi connectivity index (χ2v) is 5.03. The minimum absolute atomic E-state index is 0. The van der Waals surface area contributed by atoms with Gasteiger partial charge in [-0.3, -0.25) is 10.1 Å². The first kappa shape index (κ1) is 14.6. The third kappa shape index (κ3) is 3.52. The Morgan fingerprint density at radius 3 is 2.71 bits per heavy atom. The molecule has 2 aliphatic rings. The third-order valence-corrected chi connectivity index (χ3v) is 3.38. The van der Waals surface area contributed by atoms with E-state index >= 15 is 0 Å². The first-order chi connectivity index (χ1) is 7.48. The smallest absolute Gasteiger partial charge is 0.262 e. The van der Waals surface area contributed by atoms with Crippen LogP contribution in [0.4, 0.5) is 8.78 Å². The molecule has 1 N–H and O–H groups in total. The lowest BCUT2D eigenvalue weighted by atomic mass is 9.99. The normalized spacial score (nSPS) is 32.1. The molecule has 0 spiro atoms. The standard InChI is InChI=1S/C11H18F2N2O.ClH/c1-8-3-2-4-15(6-8)10(16)9-5-11(12,13)7-14-9;/h8-9,14H,2-7H2,1H3;1H. The summed E-state index contributed by atoms with van der Waals surface area (Å²) in [6.07, 6.45) is 1.75. The molecule has 100 valence electrons. The maximum atomic E-state index is 13.0. The quantitative estimate of drug-likeness (QED) is 0.785. The number of alkyl halides is 2. The Bertz CT molecular complexity index is 285. The Balaban J connectivity index is 0.00000144. The monoisotopic (exact) mass is 268 g/mol. The highest BCUT2D eigenvalue weighted by Gasteiger charge is 2.43. The highest BCUT2D eigenvalue weighted by molar-refractivity contribution is 5.85. The second kappa shape index (κ2) is 5.48. The van der Waals surface area contributed by atoms with Crippen LogP contribution in [0.3, 0.4) is 0 Å². The number of halogens is 3. The minimum atomic E-state index is -2.72. The molecule has 17 heavy (non-hydrogen) atoms. The summed E-state index contributed by atoms with van der Waals surface area (Å²) < 4.78 is 25.9. The van der Waals surface area contributed by atoms with Crippen LogP contribution >= 0.6 is 12.4 Å². The summed E-state index contributed by atoms with van der Waals surface area (Å²) in [4.78, 5) is 13.7. The van der Waals surface area contributed by atoms with Gasteiger partial charge >= 0.3 is 0 Å². The number of hydrogen-bond donors (Lipinski definition) is 1. The molecule has 2 unspecified atom stereocenters. The Hall–Kier alpha value is -0.420. The Kier molecular flexibility index (Phi) is 4.72. The summed E-state index contributed by atoms with van der Waals surface area (Å²) in [6, 6.07) is -0.680. The van der Waals surface area contributed by atoms with E-state index in [2.05, 4.69) is 12.2 Å². The predicted molar refractivity (Wildman–Crippen MR) is 63.6 cm³/mol. The molecule has 0 aromatic heterocycles. The van der Waals surface area contributed by atoms with Crippen molar-refractivity contribution in [3.63, 3.8) is 0 Å². The van der Waals surface area contributed by atoms with Gasteiger partial charge in [-0.2, -0.15) is 0 Å². The van der Waals surface area contributed by atoms with Crippen molar-refractivity contribution in [3.05, 3.63) is 0 Å². The van der Waals surface area contributed by atoms with E-state index in [4.69, 9.17) is 0 Å². The van der Waals surface area contributed by atoms with E-state index in [0.717, 1.165) is 12.8 Å². The van der Waals surface area contributed by atoms with Gasteiger partial charge in [0.2, 0.25) is 5.91 Å². The molecule has 0 aliphatic carbocycles.